The number of amides is 1. The van der Waals surface area contributed by atoms with Crippen molar-refractivity contribution in [3.05, 3.63) is 11.9 Å². The van der Waals surface area contributed by atoms with Crippen molar-refractivity contribution in [3.63, 3.8) is 0 Å². The molecule has 0 saturated heterocycles. The lowest BCUT2D eigenvalue weighted by molar-refractivity contribution is -0.119. The Morgan fingerprint density at radius 2 is 1.95 bits per heavy atom. The highest BCUT2D eigenvalue weighted by Crippen LogP contribution is 2.19. The van der Waals surface area contributed by atoms with Crippen molar-refractivity contribution in [2.24, 2.45) is 0 Å². The van der Waals surface area contributed by atoms with Crippen molar-refractivity contribution >= 4 is 17.5 Å². The summed E-state index contributed by atoms with van der Waals surface area (Å²) < 4.78 is 0. The highest BCUT2D eigenvalue weighted by atomic mass is 16.2. The zero-order chi connectivity index (χ0) is 15.8. The Morgan fingerprint density at radius 1 is 1.24 bits per heavy atom. The lowest BCUT2D eigenvalue weighted by atomic mass is 10.2. The van der Waals surface area contributed by atoms with Crippen LogP contribution >= 0.6 is 0 Å². The second-order valence-electron chi connectivity index (χ2n) is 5.12. The maximum absolute atomic E-state index is 11.8. The topological polar surface area (TPSA) is 70.2 Å². The van der Waals surface area contributed by atoms with Crippen molar-refractivity contribution in [2.75, 3.05) is 36.4 Å². The molecule has 0 radical (unpaired) electrons. The number of carbonyl (C=O) groups is 1. The summed E-state index contributed by atoms with van der Waals surface area (Å²) >= 11 is 0. The summed E-state index contributed by atoms with van der Waals surface area (Å²) in [5.74, 6) is 2.64. The summed E-state index contributed by atoms with van der Waals surface area (Å²) in [5.41, 5.74) is 0. The standard InChI is InChI=1S/C15H27N5O/c1-6-16-12-9-13(19-15(18-12)11(4)5)20(8-3)10-14(21)17-7-2/h9,11H,6-8,10H2,1-5H3,(H,17,21)(H,16,18,19). The lowest BCUT2D eigenvalue weighted by Crippen LogP contribution is -2.37. The summed E-state index contributed by atoms with van der Waals surface area (Å²) in [6, 6.07) is 1.90. The SMILES string of the molecule is CCNC(=O)CN(CC)c1cc(NCC)nc(C(C)C)n1. The van der Waals surface area contributed by atoms with Crippen LogP contribution in [0.5, 0.6) is 0 Å². The Hall–Kier alpha value is -1.85. The zero-order valence-electron chi connectivity index (χ0n) is 13.7. The Balaban J connectivity index is 3.03. The first-order chi connectivity index (χ1) is 10.0. The zero-order valence-corrected chi connectivity index (χ0v) is 13.7. The number of nitrogens with one attached hydrogen (secondary N) is 2. The lowest BCUT2D eigenvalue weighted by Gasteiger charge is -2.23. The van der Waals surface area contributed by atoms with Crippen LogP contribution in [-0.2, 0) is 4.79 Å². The van der Waals surface area contributed by atoms with E-state index in [2.05, 4.69) is 34.4 Å². The van der Waals surface area contributed by atoms with Crippen LogP contribution in [0.1, 0.15) is 46.4 Å². The Kier molecular flexibility index (Phi) is 6.91. The number of nitrogens with zero attached hydrogens (tertiary/aromatic N) is 3. The van der Waals surface area contributed by atoms with Crippen LogP contribution < -0.4 is 15.5 Å². The molecule has 21 heavy (non-hydrogen) atoms. The minimum Gasteiger partial charge on any atom is -0.370 e. The minimum absolute atomic E-state index is 0.00839. The van der Waals surface area contributed by atoms with Crippen LogP contribution in [0.3, 0.4) is 0 Å². The molecule has 0 aliphatic carbocycles. The molecule has 0 saturated carbocycles. The summed E-state index contributed by atoms with van der Waals surface area (Å²) in [6.07, 6.45) is 0. The first-order valence-corrected chi connectivity index (χ1v) is 7.66. The predicted octanol–water partition coefficient (Wildman–Crippen LogP) is 1.99. The van der Waals surface area contributed by atoms with E-state index in [9.17, 15) is 4.79 Å². The number of anilines is 2. The second-order valence-corrected chi connectivity index (χ2v) is 5.12. The van der Waals surface area contributed by atoms with Crippen LogP contribution in [-0.4, -0.2) is 42.1 Å². The molecule has 0 fully saturated rings. The fourth-order valence-corrected chi connectivity index (χ4v) is 1.93. The first-order valence-electron chi connectivity index (χ1n) is 7.66. The van der Waals surface area contributed by atoms with Crippen LogP contribution in [0.2, 0.25) is 0 Å². The van der Waals surface area contributed by atoms with Gasteiger partial charge in [0.15, 0.2) is 0 Å². The molecule has 6 heteroatoms. The molecule has 1 aromatic heterocycles. The van der Waals surface area contributed by atoms with Crippen LogP contribution in [0.4, 0.5) is 11.6 Å². The summed E-state index contributed by atoms with van der Waals surface area (Å²) in [6.45, 7) is 12.6. The number of aromatic nitrogens is 2. The first kappa shape index (κ1) is 17.2. The molecule has 0 aliphatic heterocycles. The Bertz CT molecular complexity index is 461. The van der Waals surface area contributed by atoms with E-state index in [1.54, 1.807) is 0 Å². The van der Waals surface area contributed by atoms with Gasteiger partial charge in [-0.3, -0.25) is 4.79 Å². The van der Waals surface area contributed by atoms with Gasteiger partial charge in [0.1, 0.15) is 17.5 Å². The number of hydrogen-bond acceptors (Lipinski definition) is 5. The molecular formula is C15H27N5O. The highest BCUT2D eigenvalue weighted by Gasteiger charge is 2.14. The van der Waals surface area contributed by atoms with Crippen molar-refractivity contribution in [1.82, 2.24) is 15.3 Å². The van der Waals surface area contributed by atoms with Gasteiger partial charge >= 0.3 is 0 Å². The van der Waals surface area contributed by atoms with Gasteiger partial charge in [-0.2, -0.15) is 0 Å². The molecule has 0 atom stereocenters. The van der Waals surface area contributed by atoms with E-state index in [4.69, 9.17) is 0 Å². The average Bonchev–Trinajstić information content (AvgIpc) is 2.45. The summed E-state index contributed by atoms with van der Waals surface area (Å²) in [7, 11) is 0. The van der Waals surface area contributed by atoms with Crippen molar-refractivity contribution in [2.45, 2.75) is 40.5 Å². The Labute approximate surface area is 127 Å². The molecular weight excluding hydrogens is 266 g/mol. The molecule has 6 nitrogen and oxygen atoms in total. The van der Waals surface area contributed by atoms with Gasteiger partial charge in [0, 0.05) is 31.6 Å². The molecule has 118 valence electrons. The molecule has 1 rings (SSSR count). The molecule has 0 bridgehead atoms. The van der Waals surface area contributed by atoms with E-state index in [-0.39, 0.29) is 11.8 Å². The smallest absolute Gasteiger partial charge is 0.239 e. The molecule has 0 aliphatic rings. The third-order valence-corrected chi connectivity index (χ3v) is 3.02. The quantitative estimate of drug-likeness (QED) is 0.767. The summed E-state index contributed by atoms with van der Waals surface area (Å²) in [5, 5.41) is 6.04. The van der Waals surface area contributed by atoms with E-state index in [0.717, 1.165) is 30.5 Å². The highest BCUT2D eigenvalue weighted by molar-refractivity contribution is 5.81. The van der Waals surface area contributed by atoms with Crippen LogP contribution in [0.15, 0.2) is 6.07 Å². The van der Waals surface area contributed by atoms with Crippen LogP contribution in [0, 0.1) is 0 Å². The third kappa shape index (κ3) is 5.21. The fourth-order valence-electron chi connectivity index (χ4n) is 1.93. The summed E-state index contributed by atoms with van der Waals surface area (Å²) in [4.78, 5) is 22.9. The van der Waals surface area contributed by atoms with Gasteiger partial charge in [0.2, 0.25) is 5.91 Å². The molecule has 1 amide bonds. The molecule has 0 spiro atoms. The van der Waals surface area contributed by atoms with Gasteiger partial charge in [-0.15, -0.1) is 0 Å². The molecule has 1 aromatic rings. The largest absolute Gasteiger partial charge is 0.370 e. The number of likely N-dealkylation sites (N-methyl/N-ethyl adjacent to an activating group) is 2. The van der Waals surface area contributed by atoms with Gasteiger partial charge in [-0.05, 0) is 20.8 Å². The Morgan fingerprint density at radius 3 is 2.48 bits per heavy atom. The molecule has 0 aromatic carbocycles. The van der Waals surface area contributed by atoms with Crippen molar-refractivity contribution in [1.29, 1.82) is 0 Å². The van der Waals surface area contributed by atoms with Crippen LogP contribution in [0.25, 0.3) is 0 Å². The number of carbonyl (C=O) groups excluding carboxylic acids is 1. The minimum atomic E-state index is 0.00839. The van der Waals surface area contributed by atoms with E-state index < -0.39 is 0 Å². The molecule has 1 heterocycles. The van der Waals surface area contributed by atoms with Gasteiger partial charge in [-0.25, -0.2) is 9.97 Å². The van der Waals surface area contributed by atoms with E-state index >= 15 is 0 Å². The predicted molar refractivity (Wildman–Crippen MR) is 86.9 cm³/mol. The number of rotatable bonds is 8. The maximum atomic E-state index is 11.8. The average molecular weight is 293 g/mol. The van der Waals surface area contributed by atoms with Gasteiger partial charge in [-0.1, -0.05) is 13.8 Å². The van der Waals surface area contributed by atoms with E-state index in [1.165, 1.54) is 0 Å². The second kappa shape index (κ2) is 8.44. The van der Waals surface area contributed by atoms with Gasteiger partial charge in [0.25, 0.3) is 0 Å². The molecule has 2 N–H and O–H groups in total. The third-order valence-electron chi connectivity index (χ3n) is 3.02. The van der Waals surface area contributed by atoms with E-state index in [0.29, 0.717) is 13.1 Å². The van der Waals surface area contributed by atoms with Crippen molar-refractivity contribution < 1.29 is 4.79 Å². The molecule has 0 unspecified atom stereocenters. The normalized spacial score (nSPS) is 10.6. The number of hydrogen-bond donors (Lipinski definition) is 2. The monoisotopic (exact) mass is 293 g/mol. The van der Waals surface area contributed by atoms with Gasteiger partial charge in [0.05, 0.1) is 6.54 Å². The van der Waals surface area contributed by atoms with E-state index in [1.807, 2.05) is 31.7 Å². The van der Waals surface area contributed by atoms with Gasteiger partial charge < -0.3 is 15.5 Å². The maximum Gasteiger partial charge on any atom is 0.239 e. The fraction of sp³-hybridized carbons (Fsp3) is 0.667. The van der Waals surface area contributed by atoms with Crippen molar-refractivity contribution in [3.8, 4) is 0 Å².